The molecule has 1 aliphatic rings. The van der Waals surface area contributed by atoms with Gasteiger partial charge in [-0.05, 0) is 38.3 Å². The van der Waals surface area contributed by atoms with Crippen LogP contribution in [-0.2, 0) is 14.8 Å². The lowest BCUT2D eigenvalue weighted by atomic mass is 10.1. The molecule has 1 aromatic carbocycles. The molecule has 1 fully saturated rings. The predicted octanol–water partition coefficient (Wildman–Crippen LogP) is 1.77. The fraction of sp³-hybridized carbons (Fsp3) is 0.500. The van der Waals surface area contributed by atoms with Gasteiger partial charge in [0, 0.05) is 12.1 Å². The average molecular weight is 331 g/mol. The Morgan fingerprint density at radius 1 is 1.41 bits per heavy atom. The van der Waals surface area contributed by atoms with Crippen LogP contribution in [0.4, 0.5) is 4.39 Å². The Morgan fingerprint density at radius 2 is 2.09 bits per heavy atom. The van der Waals surface area contributed by atoms with Crippen molar-refractivity contribution in [2.45, 2.75) is 37.1 Å². The van der Waals surface area contributed by atoms with E-state index < -0.39 is 27.9 Å². The molecule has 22 heavy (non-hydrogen) atoms. The number of hydrogen-bond donors (Lipinski definition) is 1. The number of hydrogen-bond acceptors (Lipinski definition) is 4. The van der Waals surface area contributed by atoms with Crippen molar-refractivity contribution < 1.29 is 27.4 Å². The lowest BCUT2D eigenvalue weighted by Gasteiger charge is -2.32. The summed E-state index contributed by atoms with van der Waals surface area (Å²) in [6, 6.07) is 1.37. The number of halogens is 1. The number of rotatable bonds is 4. The molecule has 0 radical (unpaired) electrons. The molecule has 0 aliphatic carbocycles. The molecule has 1 atom stereocenters. The third-order valence-electron chi connectivity index (χ3n) is 3.85. The number of aliphatic carboxylic acids is 1. The topological polar surface area (TPSA) is 83.9 Å². The Labute approximate surface area is 128 Å². The Kier molecular flexibility index (Phi) is 4.72. The highest BCUT2D eigenvalue weighted by Crippen LogP contribution is 2.31. The molecule has 1 N–H and O–H groups in total. The molecule has 1 aromatic rings. The minimum absolute atomic E-state index is 0.0510. The predicted molar refractivity (Wildman–Crippen MR) is 76.9 cm³/mol. The van der Waals surface area contributed by atoms with Gasteiger partial charge in [-0.3, -0.25) is 4.79 Å². The zero-order chi connectivity index (χ0) is 16.5. The summed E-state index contributed by atoms with van der Waals surface area (Å²) in [5.41, 5.74) is -0.0749. The van der Waals surface area contributed by atoms with Crippen molar-refractivity contribution in [3.8, 4) is 5.75 Å². The van der Waals surface area contributed by atoms with Gasteiger partial charge in [-0.1, -0.05) is 0 Å². The van der Waals surface area contributed by atoms with Gasteiger partial charge >= 0.3 is 5.97 Å². The largest absolute Gasteiger partial charge is 0.494 e. The van der Waals surface area contributed by atoms with Crippen molar-refractivity contribution in [3.05, 3.63) is 23.5 Å². The van der Waals surface area contributed by atoms with Crippen LogP contribution < -0.4 is 4.74 Å². The first kappa shape index (κ1) is 16.7. The monoisotopic (exact) mass is 331 g/mol. The summed E-state index contributed by atoms with van der Waals surface area (Å²) >= 11 is 0. The van der Waals surface area contributed by atoms with Crippen molar-refractivity contribution in [2.24, 2.45) is 0 Å². The molecule has 122 valence electrons. The van der Waals surface area contributed by atoms with Crippen molar-refractivity contribution in [1.29, 1.82) is 0 Å². The maximum absolute atomic E-state index is 14.1. The van der Waals surface area contributed by atoms with Crippen LogP contribution in [-0.4, -0.2) is 43.5 Å². The first-order valence-electron chi connectivity index (χ1n) is 6.88. The van der Waals surface area contributed by atoms with E-state index in [1.54, 1.807) is 0 Å². The van der Waals surface area contributed by atoms with Crippen LogP contribution in [0.1, 0.15) is 24.8 Å². The Bertz CT molecular complexity index is 689. The number of carboxylic acids is 1. The molecule has 1 saturated heterocycles. The van der Waals surface area contributed by atoms with E-state index in [9.17, 15) is 22.7 Å². The number of piperidine rings is 1. The van der Waals surface area contributed by atoms with E-state index in [0.29, 0.717) is 12.8 Å². The van der Waals surface area contributed by atoms with Crippen LogP contribution in [0.5, 0.6) is 5.75 Å². The maximum Gasteiger partial charge on any atom is 0.322 e. The highest BCUT2D eigenvalue weighted by atomic mass is 32.2. The Hall–Kier alpha value is -1.67. The Morgan fingerprint density at radius 3 is 2.68 bits per heavy atom. The molecule has 0 amide bonds. The number of carbonyl (C=O) groups is 1. The van der Waals surface area contributed by atoms with Crippen molar-refractivity contribution in [3.63, 3.8) is 0 Å². The molecule has 0 spiro atoms. The van der Waals surface area contributed by atoms with Gasteiger partial charge in [-0.25, -0.2) is 12.8 Å². The van der Waals surface area contributed by atoms with Gasteiger partial charge in [0.05, 0.1) is 12.0 Å². The van der Waals surface area contributed by atoms with Gasteiger partial charge < -0.3 is 9.84 Å². The summed E-state index contributed by atoms with van der Waals surface area (Å²) in [5.74, 6) is -1.99. The number of sulfonamides is 1. The van der Waals surface area contributed by atoms with E-state index in [0.717, 1.165) is 4.31 Å². The minimum Gasteiger partial charge on any atom is -0.494 e. The highest BCUT2D eigenvalue weighted by molar-refractivity contribution is 7.89. The van der Waals surface area contributed by atoms with E-state index in [1.807, 2.05) is 0 Å². The molecule has 0 bridgehead atoms. The van der Waals surface area contributed by atoms with E-state index in [2.05, 4.69) is 0 Å². The number of benzene rings is 1. The van der Waals surface area contributed by atoms with Gasteiger partial charge in [-0.2, -0.15) is 4.31 Å². The summed E-state index contributed by atoms with van der Waals surface area (Å²) in [4.78, 5) is 11.1. The van der Waals surface area contributed by atoms with Gasteiger partial charge in [0.2, 0.25) is 10.0 Å². The smallest absolute Gasteiger partial charge is 0.322 e. The van der Waals surface area contributed by atoms with Crippen molar-refractivity contribution >= 4 is 16.0 Å². The fourth-order valence-electron chi connectivity index (χ4n) is 2.65. The van der Waals surface area contributed by atoms with Crippen LogP contribution in [0.3, 0.4) is 0 Å². The Balaban J connectivity index is 2.50. The standard InChI is InChI=1S/C14H18FNO5S/c1-9-12(7-6-11(21-2)13(9)15)22(19,20)16-8-4-3-5-10(16)14(17)18/h6-7,10H,3-5,8H2,1-2H3,(H,17,18). The quantitative estimate of drug-likeness (QED) is 0.909. The lowest BCUT2D eigenvalue weighted by molar-refractivity contribution is -0.142. The number of carboxylic acid groups (broad SMARTS) is 1. The third kappa shape index (κ3) is 2.80. The first-order chi connectivity index (χ1) is 10.3. The molecule has 0 saturated carbocycles. The van der Waals surface area contributed by atoms with Crippen molar-refractivity contribution in [1.82, 2.24) is 4.31 Å². The molecule has 8 heteroatoms. The van der Waals surface area contributed by atoms with Gasteiger partial charge in [0.25, 0.3) is 0 Å². The summed E-state index contributed by atoms with van der Waals surface area (Å²) in [6.45, 7) is 1.46. The van der Waals surface area contributed by atoms with Crippen molar-refractivity contribution in [2.75, 3.05) is 13.7 Å². The molecule has 6 nitrogen and oxygen atoms in total. The molecule has 1 aliphatic heterocycles. The molecular formula is C14H18FNO5S. The molecular weight excluding hydrogens is 313 g/mol. The second-order valence-electron chi connectivity index (χ2n) is 5.17. The normalized spacial score (nSPS) is 19.9. The van der Waals surface area contributed by atoms with E-state index in [4.69, 9.17) is 4.74 Å². The zero-order valence-corrected chi connectivity index (χ0v) is 13.2. The fourth-order valence-corrected chi connectivity index (χ4v) is 4.51. The van der Waals surface area contributed by atoms with E-state index >= 15 is 0 Å². The second kappa shape index (κ2) is 6.21. The molecule has 1 heterocycles. The summed E-state index contributed by atoms with van der Waals surface area (Å²) in [7, 11) is -2.79. The zero-order valence-electron chi connectivity index (χ0n) is 12.4. The van der Waals surface area contributed by atoms with Crippen LogP contribution in [0.15, 0.2) is 17.0 Å². The third-order valence-corrected chi connectivity index (χ3v) is 5.90. The minimum atomic E-state index is -4.08. The van der Waals surface area contributed by atoms with Crippen LogP contribution in [0, 0.1) is 12.7 Å². The van der Waals surface area contributed by atoms with Crippen LogP contribution in [0.25, 0.3) is 0 Å². The summed E-state index contributed by atoms with van der Waals surface area (Å²) in [6.07, 6.45) is 1.49. The second-order valence-corrected chi connectivity index (χ2v) is 7.03. The molecule has 1 unspecified atom stereocenters. The SMILES string of the molecule is COc1ccc(S(=O)(=O)N2CCCCC2C(=O)O)c(C)c1F. The van der Waals surface area contributed by atoms with Gasteiger partial charge in [0.1, 0.15) is 6.04 Å². The lowest BCUT2D eigenvalue weighted by Crippen LogP contribution is -2.48. The number of methoxy groups -OCH3 is 1. The number of nitrogens with zero attached hydrogens (tertiary/aromatic N) is 1. The highest BCUT2D eigenvalue weighted by Gasteiger charge is 2.38. The van der Waals surface area contributed by atoms with Crippen LogP contribution in [0.2, 0.25) is 0 Å². The molecule has 2 rings (SSSR count). The van der Waals surface area contributed by atoms with E-state index in [1.165, 1.54) is 26.2 Å². The van der Waals surface area contributed by atoms with Gasteiger partial charge in [-0.15, -0.1) is 0 Å². The van der Waals surface area contributed by atoms with Crippen LogP contribution >= 0.6 is 0 Å². The summed E-state index contributed by atoms with van der Waals surface area (Å²) < 4.78 is 45.3. The average Bonchev–Trinajstić information content (AvgIpc) is 2.49. The first-order valence-corrected chi connectivity index (χ1v) is 8.32. The number of ether oxygens (including phenoxy) is 1. The van der Waals surface area contributed by atoms with E-state index in [-0.39, 0.29) is 29.2 Å². The maximum atomic E-state index is 14.1. The summed E-state index contributed by atoms with van der Waals surface area (Å²) in [5, 5.41) is 9.22. The molecule has 0 aromatic heterocycles. The van der Waals surface area contributed by atoms with Gasteiger partial charge in [0.15, 0.2) is 11.6 Å².